The van der Waals surface area contributed by atoms with Crippen LogP contribution in [-0.4, -0.2) is 54.9 Å². The highest BCUT2D eigenvalue weighted by Gasteiger charge is 2.18. The lowest BCUT2D eigenvalue weighted by Crippen LogP contribution is -2.34. The minimum Gasteiger partial charge on any atom is -0.468 e. The molecular weight excluding hydrogens is 288 g/mol. The Hall–Kier alpha value is -0.620. The fourth-order valence-electron chi connectivity index (χ4n) is 1.76. The molecule has 0 aliphatic carbocycles. The lowest BCUT2D eigenvalue weighted by Gasteiger charge is -2.15. The van der Waals surface area contributed by atoms with E-state index < -0.39 is 0 Å². The number of esters is 1. The van der Waals surface area contributed by atoms with Crippen LogP contribution in [0.2, 0.25) is 0 Å². The maximum absolute atomic E-state index is 11.7. The fourth-order valence-corrected chi connectivity index (χ4v) is 2.18. The largest absolute Gasteiger partial charge is 0.468 e. The van der Waals surface area contributed by atoms with Crippen molar-refractivity contribution in [2.24, 2.45) is 0 Å². The SMILES string of the molecule is COC(=O)C(Br)CNCCC(=O)N1CCCC1. The van der Waals surface area contributed by atoms with Gasteiger partial charge in [-0.2, -0.15) is 0 Å². The Morgan fingerprint density at radius 3 is 2.65 bits per heavy atom. The summed E-state index contributed by atoms with van der Waals surface area (Å²) in [7, 11) is 1.35. The topological polar surface area (TPSA) is 58.6 Å². The van der Waals surface area contributed by atoms with Gasteiger partial charge in [-0.05, 0) is 12.8 Å². The van der Waals surface area contributed by atoms with E-state index in [0.717, 1.165) is 25.9 Å². The zero-order valence-electron chi connectivity index (χ0n) is 10.1. The van der Waals surface area contributed by atoms with Gasteiger partial charge in [-0.15, -0.1) is 0 Å². The third-order valence-electron chi connectivity index (χ3n) is 2.75. The predicted octanol–water partition coefficient (Wildman–Crippen LogP) is 0.525. The maximum Gasteiger partial charge on any atom is 0.320 e. The molecule has 0 bridgehead atoms. The van der Waals surface area contributed by atoms with Gasteiger partial charge in [0.15, 0.2) is 0 Å². The number of ether oxygens (including phenoxy) is 1. The first-order valence-corrected chi connectivity index (χ1v) is 6.77. The molecule has 0 spiro atoms. The molecule has 0 aromatic heterocycles. The van der Waals surface area contributed by atoms with Crippen molar-refractivity contribution in [1.82, 2.24) is 10.2 Å². The first kappa shape index (κ1) is 14.4. The van der Waals surface area contributed by atoms with Gasteiger partial charge in [0.05, 0.1) is 7.11 Å². The third kappa shape index (κ3) is 5.04. The molecule has 1 aliphatic heterocycles. The van der Waals surface area contributed by atoms with Crippen LogP contribution in [0.1, 0.15) is 19.3 Å². The van der Waals surface area contributed by atoms with E-state index in [9.17, 15) is 9.59 Å². The molecule has 1 N–H and O–H groups in total. The van der Waals surface area contributed by atoms with Crippen molar-refractivity contribution in [1.29, 1.82) is 0 Å². The highest BCUT2D eigenvalue weighted by Crippen LogP contribution is 2.08. The second kappa shape index (κ2) is 7.66. The number of hydrogen-bond donors (Lipinski definition) is 1. The van der Waals surface area contributed by atoms with Gasteiger partial charge in [0.25, 0.3) is 0 Å². The van der Waals surface area contributed by atoms with Crippen molar-refractivity contribution in [3.05, 3.63) is 0 Å². The molecule has 1 heterocycles. The molecule has 1 fully saturated rings. The predicted molar refractivity (Wildman–Crippen MR) is 68.0 cm³/mol. The second-order valence-electron chi connectivity index (χ2n) is 4.03. The number of halogens is 1. The molecule has 0 aromatic rings. The molecule has 1 amide bonds. The van der Waals surface area contributed by atoms with Crippen LogP contribution in [0.3, 0.4) is 0 Å². The van der Waals surface area contributed by atoms with Crippen molar-refractivity contribution in [2.45, 2.75) is 24.1 Å². The summed E-state index contributed by atoms with van der Waals surface area (Å²) in [6.07, 6.45) is 2.72. The molecule has 0 radical (unpaired) electrons. The number of hydrogen-bond acceptors (Lipinski definition) is 4. The number of nitrogens with zero attached hydrogens (tertiary/aromatic N) is 1. The summed E-state index contributed by atoms with van der Waals surface area (Å²) in [5.74, 6) is -0.109. The number of methoxy groups -OCH3 is 1. The maximum atomic E-state index is 11.7. The van der Waals surface area contributed by atoms with Crippen LogP contribution < -0.4 is 5.32 Å². The highest BCUT2D eigenvalue weighted by atomic mass is 79.9. The number of carbonyl (C=O) groups is 2. The van der Waals surface area contributed by atoms with E-state index in [1.54, 1.807) is 0 Å². The summed E-state index contributed by atoms with van der Waals surface area (Å²) >= 11 is 3.20. The van der Waals surface area contributed by atoms with Crippen LogP contribution in [0, 0.1) is 0 Å². The molecule has 6 heteroatoms. The zero-order valence-corrected chi connectivity index (χ0v) is 11.7. The van der Waals surface area contributed by atoms with E-state index in [1.165, 1.54) is 7.11 Å². The molecule has 0 aromatic carbocycles. The van der Waals surface area contributed by atoms with E-state index in [0.29, 0.717) is 19.5 Å². The van der Waals surface area contributed by atoms with Crippen LogP contribution in [0.4, 0.5) is 0 Å². The summed E-state index contributed by atoms with van der Waals surface area (Å²) in [6.45, 7) is 2.85. The summed E-state index contributed by atoms with van der Waals surface area (Å²) in [6, 6.07) is 0. The quantitative estimate of drug-likeness (QED) is 0.442. The van der Waals surface area contributed by atoms with Gasteiger partial charge in [0, 0.05) is 32.6 Å². The Balaban J connectivity index is 2.07. The van der Waals surface area contributed by atoms with Crippen LogP contribution in [0.5, 0.6) is 0 Å². The lowest BCUT2D eigenvalue weighted by molar-refractivity contribution is -0.139. The summed E-state index contributed by atoms with van der Waals surface area (Å²) < 4.78 is 4.57. The smallest absolute Gasteiger partial charge is 0.320 e. The Morgan fingerprint density at radius 1 is 1.41 bits per heavy atom. The average Bonchev–Trinajstić information content (AvgIpc) is 2.86. The van der Waals surface area contributed by atoms with Gasteiger partial charge >= 0.3 is 5.97 Å². The first-order chi connectivity index (χ1) is 8.15. The molecular formula is C11H19BrN2O3. The lowest BCUT2D eigenvalue weighted by atomic mass is 10.3. The number of amides is 1. The Kier molecular flexibility index (Phi) is 6.50. The number of carbonyl (C=O) groups excluding carboxylic acids is 2. The molecule has 1 unspecified atom stereocenters. The van der Waals surface area contributed by atoms with Gasteiger partial charge in [-0.3, -0.25) is 9.59 Å². The van der Waals surface area contributed by atoms with Gasteiger partial charge in [0.2, 0.25) is 5.91 Å². The zero-order chi connectivity index (χ0) is 12.7. The van der Waals surface area contributed by atoms with Crippen molar-refractivity contribution < 1.29 is 14.3 Å². The van der Waals surface area contributed by atoms with Crippen LogP contribution in [0.15, 0.2) is 0 Å². The molecule has 1 saturated heterocycles. The highest BCUT2D eigenvalue weighted by molar-refractivity contribution is 9.10. The second-order valence-corrected chi connectivity index (χ2v) is 5.14. The number of nitrogens with one attached hydrogen (secondary N) is 1. The van der Waals surface area contributed by atoms with E-state index >= 15 is 0 Å². The van der Waals surface area contributed by atoms with Crippen LogP contribution in [0.25, 0.3) is 0 Å². The summed E-state index contributed by atoms with van der Waals surface area (Å²) in [4.78, 5) is 24.3. The molecule has 17 heavy (non-hydrogen) atoms. The Bertz CT molecular complexity index is 267. The Morgan fingerprint density at radius 2 is 2.06 bits per heavy atom. The molecule has 1 aliphatic rings. The van der Waals surface area contributed by atoms with Gasteiger partial charge in [-0.1, -0.05) is 15.9 Å². The normalized spacial score (nSPS) is 16.9. The number of rotatable bonds is 6. The van der Waals surface area contributed by atoms with Crippen molar-refractivity contribution in [3.63, 3.8) is 0 Å². The van der Waals surface area contributed by atoms with E-state index in [-0.39, 0.29) is 16.7 Å². The standard InChI is InChI=1S/C11H19BrN2O3/c1-17-11(16)9(12)8-13-5-4-10(15)14-6-2-3-7-14/h9,13H,2-8H2,1H3. The fraction of sp³-hybridized carbons (Fsp3) is 0.818. The molecule has 1 atom stereocenters. The van der Waals surface area contributed by atoms with Crippen molar-refractivity contribution in [3.8, 4) is 0 Å². The minimum absolute atomic E-state index is 0.194. The number of alkyl halides is 1. The first-order valence-electron chi connectivity index (χ1n) is 5.85. The van der Waals surface area contributed by atoms with E-state index in [2.05, 4.69) is 26.0 Å². The average molecular weight is 307 g/mol. The van der Waals surface area contributed by atoms with E-state index in [4.69, 9.17) is 0 Å². The van der Waals surface area contributed by atoms with Crippen LogP contribution >= 0.6 is 15.9 Å². The molecule has 5 nitrogen and oxygen atoms in total. The third-order valence-corrected chi connectivity index (χ3v) is 3.45. The Labute approximate surface area is 110 Å². The monoisotopic (exact) mass is 306 g/mol. The minimum atomic E-state index is -0.352. The summed E-state index contributed by atoms with van der Waals surface area (Å²) in [5.41, 5.74) is 0. The van der Waals surface area contributed by atoms with Crippen molar-refractivity contribution in [2.75, 3.05) is 33.3 Å². The van der Waals surface area contributed by atoms with Gasteiger partial charge < -0.3 is 15.0 Å². The molecule has 0 saturated carbocycles. The van der Waals surface area contributed by atoms with Gasteiger partial charge in [-0.25, -0.2) is 0 Å². The molecule has 1 rings (SSSR count). The summed E-state index contributed by atoms with van der Waals surface area (Å²) in [5, 5.41) is 3.06. The van der Waals surface area contributed by atoms with Crippen LogP contribution in [-0.2, 0) is 14.3 Å². The number of likely N-dealkylation sites (tertiary alicyclic amines) is 1. The van der Waals surface area contributed by atoms with Gasteiger partial charge in [0.1, 0.15) is 4.83 Å². The van der Waals surface area contributed by atoms with E-state index in [1.807, 2.05) is 4.90 Å². The van der Waals surface area contributed by atoms with Crippen molar-refractivity contribution >= 4 is 27.8 Å². The molecule has 98 valence electrons.